The molecular formula is C17H25NO3. The minimum atomic E-state index is -0.910. The predicted octanol–water partition coefficient (Wildman–Crippen LogP) is 2.31. The minimum Gasteiger partial charge on any atom is -0.469 e. The fourth-order valence-electron chi connectivity index (χ4n) is 3.06. The molecule has 4 heteroatoms. The average Bonchev–Trinajstić information content (AvgIpc) is 2.50. The number of nitrogens with zero attached hydrogens (tertiary/aromatic N) is 1. The number of ether oxygens (including phenoxy) is 1. The summed E-state index contributed by atoms with van der Waals surface area (Å²) in [5, 5.41) is 10.8. The van der Waals surface area contributed by atoms with Crippen LogP contribution in [0.5, 0.6) is 0 Å². The van der Waals surface area contributed by atoms with Crippen LogP contribution in [0.3, 0.4) is 0 Å². The zero-order chi connectivity index (χ0) is 15.3. The number of rotatable bonds is 5. The molecule has 1 aliphatic rings. The Balaban J connectivity index is 2.06. The van der Waals surface area contributed by atoms with Crippen molar-refractivity contribution in [2.45, 2.75) is 44.2 Å². The van der Waals surface area contributed by atoms with Crippen molar-refractivity contribution in [1.29, 1.82) is 0 Å². The lowest BCUT2D eigenvalue weighted by Gasteiger charge is -2.39. The van der Waals surface area contributed by atoms with E-state index in [0.717, 1.165) is 31.4 Å². The van der Waals surface area contributed by atoms with Crippen LogP contribution in [-0.2, 0) is 15.1 Å². The third-order valence-electron chi connectivity index (χ3n) is 4.29. The second-order valence-electron chi connectivity index (χ2n) is 6.04. The Morgan fingerprint density at radius 2 is 2.10 bits per heavy atom. The summed E-state index contributed by atoms with van der Waals surface area (Å²) in [5.41, 5.74) is -0.000131. The molecule has 0 aromatic heterocycles. The Morgan fingerprint density at radius 1 is 1.38 bits per heavy atom. The summed E-state index contributed by atoms with van der Waals surface area (Å²) in [7, 11) is 1.43. The number of likely N-dealkylation sites (tertiary alicyclic amines) is 1. The highest BCUT2D eigenvalue weighted by atomic mass is 16.5. The van der Waals surface area contributed by atoms with Gasteiger partial charge in [0.2, 0.25) is 0 Å². The van der Waals surface area contributed by atoms with Gasteiger partial charge in [0.25, 0.3) is 0 Å². The molecule has 2 atom stereocenters. The maximum atomic E-state index is 11.5. The maximum absolute atomic E-state index is 11.5. The molecule has 0 radical (unpaired) electrons. The molecule has 4 nitrogen and oxygen atoms in total. The van der Waals surface area contributed by atoms with Crippen LogP contribution < -0.4 is 0 Å². The first-order valence-corrected chi connectivity index (χ1v) is 7.62. The van der Waals surface area contributed by atoms with Crippen LogP contribution in [0.4, 0.5) is 0 Å². The van der Waals surface area contributed by atoms with Crippen molar-refractivity contribution >= 4 is 5.97 Å². The van der Waals surface area contributed by atoms with Crippen LogP contribution in [0.15, 0.2) is 30.3 Å². The molecule has 0 amide bonds. The quantitative estimate of drug-likeness (QED) is 0.846. The van der Waals surface area contributed by atoms with Crippen molar-refractivity contribution in [1.82, 2.24) is 4.90 Å². The van der Waals surface area contributed by atoms with Gasteiger partial charge in [-0.3, -0.25) is 9.69 Å². The minimum absolute atomic E-state index is 0.168. The summed E-state index contributed by atoms with van der Waals surface area (Å²) in [6.07, 6.45) is 3.63. The number of esters is 1. The van der Waals surface area contributed by atoms with Crippen LogP contribution in [-0.4, -0.2) is 42.2 Å². The van der Waals surface area contributed by atoms with Crippen LogP contribution >= 0.6 is 0 Å². The van der Waals surface area contributed by atoms with Crippen LogP contribution in [0.1, 0.15) is 38.2 Å². The summed E-state index contributed by atoms with van der Waals surface area (Å²) in [4.78, 5) is 13.8. The lowest BCUT2D eigenvalue weighted by Crippen LogP contribution is -2.47. The van der Waals surface area contributed by atoms with E-state index in [1.165, 1.54) is 7.11 Å². The van der Waals surface area contributed by atoms with Gasteiger partial charge in [0.15, 0.2) is 0 Å². The van der Waals surface area contributed by atoms with Gasteiger partial charge in [0.1, 0.15) is 0 Å². The van der Waals surface area contributed by atoms with Crippen molar-refractivity contribution in [2.24, 2.45) is 0 Å². The molecule has 0 bridgehead atoms. The molecule has 0 spiro atoms. The van der Waals surface area contributed by atoms with E-state index in [1.54, 1.807) is 0 Å². The van der Waals surface area contributed by atoms with Gasteiger partial charge in [-0.05, 0) is 31.9 Å². The number of benzene rings is 1. The molecular weight excluding hydrogens is 266 g/mol. The first-order chi connectivity index (χ1) is 10.0. The molecule has 1 heterocycles. The van der Waals surface area contributed by atoms with Gasteiger partial charge in [-0.15, -0.1) is 0 Å². The first kappa shape index (κ1) is 16.0. The van der Waals surface area contributed by atoms with E-state index in [2.05, 4.69) is 4.90 Å². The Morgan fingerprint density at radius 3 is 2.76 bits per heavy atom. The lowest BCUT2D eigenvalue weighted by molar-refractivity contribution is -0.142. The third kappa shape index (κ3) is 4.29. The summed E-state index contributed by atoms with van der Waals surface area (Å²) >= 11 is 0. The molecule has 1 aliphatic heterocycles. The number of carbonyl (C=O) groups excluding carboxylic acids is 1. The van der Waals surface area contributed by atoms with Gasteiger partial charge in [0.05, 0.1) is 19.1 Å². The Kier molecular flexibility index (Phi) is 5.37. The zero-order valence-corrected chi connectivity index (χ0v) is 12.9. The fourth-order valence-corrected chi connectivity index (χ4v) is 3.06. The van der Waals surface area contributed by atoms with Crippen LogP contribution in [0.25, 0.3) is 0 Å². The number of hydrogen-bond donors (Lipinski definition) is 1. The normalized spacial score (nSPS) is 22.5. The molecule has 2 unspecified atom stereocenters. The van der Waals surface area contributed by atoms with E-state index in [4.69, 9.17) is 4.74 Å². The molecule has 1 N–H and O–H groups in total. The second-order valence-corrected chi connectivity index (χ2v) is 6.04. The van der Waals surface area contributed by atoms with E-state index >= 15 is 0 Å². The van der Waals surface area contributed by atoms with Gasteiger partial charge in [-0.2, -0.15) is 0 Å². The van der Waals surface area contributed by atoms with E-state index in [-0.39, 0.29) is 12.0 Å². The molecule has 1 aromatic rings. The van der Waals surface area contributed by atoms with Crippen LogP contribution in [0, 0.1) is 0 Å². The van der Waals surface area contributed by atoms with Gasteiger partial charge in [-0.25, -0.2) is 0 Å². The van der Waals surface area contributed by atoms with E-state index in [1.807, 2.05) is 37.3 Å². The summed E-state index contributed by atoms with van der Waals surface area (Å²) in [6, 6.07) is 9.87. The van der Waals surface area contributed by atoms with Crippen LogP contribution in [0.2, 0.25) is 0 Å². The number of piperidine rings is 1. The van der Waals surface area contributed by atoms with Crippen molar-refractivity contribution in [3.05, 3.63) is 35.9 Å². The van der Waals surface area contributed by atoms with Crippen molar-refractivity contribution < 1.29 is 14.6 Å². The number of methoxy groups -OCH3 is 1. The number of hydrogen-bond acceptors (Lipinski definition) is 4. The van der Waals surface area contributed by atoms with Gasteiger partial charge < -0.3 is 9.84 Å². The lowest BCUT2D eigenvalue weighted by atomic mass is 9.92. The molecule has 0 saturated carbocycles. The topological polar surface area (TPSA) is 49.8 Å². The largest absolute Gasteiger partial charge is 0.469 e. The summed E-state index contributed by atoms with van der Waals surface area (Å²) in [6.45, 7) is 3.30. The highest BCUT2D eigenvalue weighted by Crippen LogP contribution is 2.27. The van der Waals surface area contributed by atoms with E-state index in [9.17, 15) is 9.90 Å². The predicted molar refractivity (Wildman–Crippen MR) is 81.9 cm³/mol. The molecule has 1 saturated heterocycles. The highest BCUT2D eigenvalue weighted by molar-refractivity contribution is 5.69. The van der Waals surface area contributed by atoms with Gasteiger partial charge in [-0.1, -0.05) is 36.8 Å². The van der Waals surface area contributed by atoms with E-state index < -0.39 is 5.60 Å². The summed E-state index contributed by atoms with van der Waals surface area (Å²) < 4.78 is 4.79. The molecule has 116 valence electrons. The fraction of sp³-hybridized carbons (Fsp3) is 0.588. The number of carbonyl (C=O) groups is 1. The molecule has 21 heavy (non-hydrogen) atoms. The molecule has 2 rings (SSSR count). The Labute approximate surface area is 126 Å². The standard InChI is InChI=1S/C17H25NO3/c1-17(20,14-8-4-3-5-9-14)13-18-11-7-6-10-15(18)12-16(19)21-2/h3-5,8-9,15,20H,6-7,10-13H2,1-2H3. The number of aliphatic hydroxyl groups is 1. The Hall–Kier alpha value is -1.39. The number of β-amino-alcohol motifs (C(OH)–C–C–N with tert-alkyl or cyclic N) is 1. The van der Waals surface area contributed by atoms with Gasteiger partial charge in [0, 0.05) is 12.6 Å². The monoisotopic (exact) mass is 291 g/mol. The molecule has 1 fully saturated rings. The third-order valence-corrected chi connectivity index (χ3v) is 4.29. The van der Waals surface area contributed by atoms with E-state index in [0.29, 0.717) is 13.0 Å². The Bertz CT molecular complexity index is 458. The van der Waals surface area contributed by atoms with Crippen molar-refractivity contribution in [2.75, 3.05) is 20.2 Å². The van der Waals surface area contributed by atoms with Gasteiger partial charge >= 0.3 is 5.97 Å². The molecule has 0 aliphatic carbocycles. The second kappa shape index (κ2) is 7.05. The average molecular weight is 291 g/mol. The van der Waals surface area contributed by atoms with Crippen molar-refractivity contribution in [3.63, 3.8) is 0 Å². The first-order valence-electron chi connectivity index (χ1n) is 7.62. The summed E-state index contributed by atoms with van der Waals surface area (Å²) in [5.74, 6) is -0.175. The van der Waals surface area contributed by atoms with Crippen molar-refractivity contribution in [3.8, 4) is 0 Å². The highest BCUT2D eigenvalue weighted by Gasteiger charge is 2.32. The SMILES string of the molecule is COC(=O)CC1CCCCN1CC(C)(O)c1ccccc1. The smallest absolute Gasteiger partial charge is 0.307 e. The maximum Gasteiger partial charge on any atom is 0.307 e. The molecule has 1 aromatic carbocycles. The zero-order valence-electron chi connectivity index (χ0n) is 12.9.